The molecular formula is C11H20N4O2S. The molecule has 1 saturated heterocycles. The van der Waals surface area contributed by atoms with Crippen LogP contribution in [-0.2, 0) is 17.1 Å². The van der Waals surface area contributed by atoms with Crippen LogP contribution in [0.1, 0.15) is 18.5 Å². The first-order valence-electron chi connectivity index (χ1n) is 6.19. The average Bonchev–Trinajstić information content (AvgIpc) is 2.70. The van der Waals surface area contributed by atoms with Crippen molar-refractivity contribution in [3.63, 3.8) is 0 Å². The Balaban J connectivity index is 2.01. The van der Waals surface area contributed by atoms with Gasteiger partial charge in [-0.3, -0.25) is 4.68 Å². The molecule has 6 nitrogen and oxygen atoms in total. The van der Waals surface area contributed by atoms with E-state index in [9.17, 15) is 8.42 Å². The van der Waals surface area contributed by atoms with Crippen molar-refractivity contribution in [3.05, 3.63) is 11.9 Å². The van der Waals surface area contributed by atoms with Gasteiger partial charge in [0.15, 0.2) is 0 Å². The minimum atomic E-state index is -3.43. The second-order valence-corrected chi connectivity index (χ2v) is 6.52. The van der Waals surface area contributed by atoms with Crippen LogP contribution in [0.25, 0.3) is 0 Å². The molecule has 0 bridgehead atoms. The highest BCUT2D eigenvalue weighted by Gasteiger charge is 2.22. The van der Waals surface area contributed by atoms with Gasteiger partial charge in [-0.15, -0.1) is 0 Å². The van der Waals surface area contributed by atoms with Crippen molar-refractivity contribution >= 4 is 10.0 Å². The molecule has 18 heavy (non-hydrogen) atoms. The van der Waals surface area contributed by atoms with Gasteiger partial charge in [0.25, 0.3) is 0 Å². The maximum absolute atomic E-state index is 12.1. The van der Waals surface area contributed by atoms with Crippen LogP contribution in [-0.4, -0.2) is 37.8 Å². The first-order chi connectivity index (χ1) is 8.50. The van der Waals surface area contributed by atoms with Gasteiger partial charge in [0.2, 0.25) is 10.0 Å². The third kappa shape index (κ3) is 2.90. The second-order valence-electron chi connectivity index (χ2n) is 4.78. The number of nitrogens with zero attached hydrogens (tertiary/aromatic N) is 2. The van der Waals surface area contributed by atoms with Gasteiger partial charge in [-0.25, -0.2) is 13.1 Å². The molecule has 0 saturated carbocycles. The monoisotopic (exact) mass is 272 g/mol. The van der Waals surface area contributed by atoms with Crippen LogP contribution in [0.5, 0.6) is 0 Å². The van der Waals surface area contributed by atoms with Gasteiger partial charge in [0.05, 0.1) is 11.9 Å². The lowest BCUT2D eigenvalue weighted by Crippen LogP contribution is -2.38. The zero-order valence-corrected chi connectivity index (χ0v) is 11.6. The first kappa shape index (κ1) is 13.5. The number of aromatic nitrogens is 2. The van der Waals surface area contributed by atoms with Gasteiger partial charge in [0, 0.05) is 13.6 Å². The molecule has 1 aliphatic rings. The van der Waals surface area contributed by atoms with E-state index in [-0.39, 0.29) is 4.90 Å². The van der Waals surface area contributed by atoms with Crippen LogP contribution in [0, 0.1) is 12.8 Å². The second kappa shape index (κ2) is 5.38. The Bertz CT molecular complexity index is 503. The molecule has 2 rings (SSSR count). The van der Waals surface area contributed by atoms with E-state index in [0.29, 0.717) is 18.2 Å². The van der Waals surface area contributed by atoms with Gasteiger partial charge in [0.1, 0.15) is 4.90 Å². The Morgan fingerprint density at radius 3 is 2.94 bits per heavy atom. The summed E-state index contributed by atoms with van der Waals surface area (Å²) >= 11 is 0. The highest BCUT2D eigenvalue weighted by molar-refractivity contribution is 7.89. The number of nitrogens with one attached hydrogen (secondary N) is 2. The van der Waals surface area contributed by atoms with Crippen molar-refractivity contribution in [3.8, 4) is 0 Å². The molecule has 0 aromatic carbocycles. The Hall–Kier alpha value is -0.920. The van der Waals surface area contributed by atoms with Crippen LogP contribution >= 0.6 is 0 Å². The summed E-state index contributed by atoms with van der Waals surface area (Å²) < 4.78 is 28.5. The maximum atomic E-state index is 12.1. The molecular weight excluding hydrogens is 252 g/mol. The number of hydrogen-bond acceptors (Lipinski definition) is 4. The van der Waals surface area contributed by atoms with Crippen molar-refractivity contribution in [1.29, 1.82) is 0 Å². The molecule has 1 atom stereocenters. The van der Waals surface area contributed by atoms with E-state index in [1.807, 2.05) is 0 Å². The van der Waals surface area contributed by atoms with Gasteiger partial charge in [-0.05, 0) is 38.8 Å². The molecule has 0 amide bonds. The van der Waals surface area contributed by atoms with Crippen molar-refractivity contribution in [2.24, 2.45) is 13.0 Å². The molecule has 1 aromatic rings. The minimum absolute atomic E-state index is 0.272. The fraction of sp³-hybridized carbons (Fsp3) is 0.727. The third-order valence-electron chi connectivity index (χ3n) is 3.44. The van der Waals surface area contributed by atoms with E-state index < -0.39 is 10.0 Å². The summed E-state index contributed by atoms with van der Waals surface area (Å²) in [4.78, 5) is 0.272. The Morgan fingerprint density at radius 1 is 1.61 bits per heavy atom. The number of hydrogen-bond donors (Lipinski definition) is 2. The molecule has 1 fully saturated rings. The van der Waals surface area contributed by atoms with E-state index in [4.69, 9.17) is 0 Å². The number of sulfonamides is 1. The van der Waals surface area contributed by atoms with Crippen molar-refractivity contribution in [1.82, 2.24) is 19.8 Å². The molecule has 7 heteroatoms. The summed E-state index contributed by atoms with van der Waals surface area (Å²) in [6.45, 7) is 4.16. The Kier molecular flexibility index (Phi) is 4.04. The normalized spacial score (nSPS) is 21.1. The zero-order chi connectivity index (χ0) is 13.2. The van der Waals surface area contributed by atoms with Crippen LogP contribution in [0.2, 0.25) is 0 Å². The van der Waals surface area contributed by atoms with Gasteiger partial charge >= 0.3 is 0 Å². The number of aryl methyl sites for hydroxylation is 1. The third-order valence-corrected chi connectivity index (χ3v) is 4.97. The molecule has 102 valence electrons. The average molecular weight is 272 g/mol. The lowest BCUT2D eigenvalue weighted by molar-refractivity contribution is 0.376. The van der Waals surface area contributed by atoms with E-state index >= 15 is 0 Å². The number of rotatable bonds is 4. The molecule has 0 radical (unpaired) electrons. The van der Waals surface area contributed by atoms with E-state index in [2.05, 4.69) is 15.1 Å². The molecule has 1 unspecified atom stereocenters. The van der Waals surface area contributed by atoms with Crippen LogP contribution in [0.4, 0.5) is 0 Å². The molecule has 0 spiro atoms. The lowest BCUT2D eigenvalue weighted by Gasteiger charge is -2.22. The van der Waals surface area contributed by atoms with Crippen molar-refractivity contribution in [2.75, 3.05) is 19.6 Å². The van der Waals surface area contributed by atoms with Crippen LogP contribution in [0.3, 0.4) is 0 Å². The summed E-state index contributed by atoms with van der Waals surface area (Å²) in [5, 5.41) is 7.24. The van der Waals surface area contributed by atoms with Crippen molar-refractivity contribution in [2.45, 2.75) is 24.7 Å². The Labute approximate surface area is 108 Å². The van der Waals surface area contributed by atoms with Gasteiger partial charge in [-0.2, -0.15) is 5.10 Å². The maximum Gasteiger partial charge on any atom is 0.243 e. The Morgan fingerprint density at radius 2 is 2.39 bits per heavy atom. The fourth-order valence-corrected chi connectivity index (χ4v) is 3.46. The standard InChI is InChI=1S/C11H20N4O2S/c1-9-11(8-13-15(9)2)18(16,17)14-7-10-4-3-5-12-6-10/h8,10,12,14H,3-7H2,1-2H3. The molecule has 0 aliphatic carbocycles. The predicted molar refractivity (Wildman–Crippen MR) is 68.7 cm³/mol. The quantitative estimate of drug-likeness (QED) is 0.809. The summed E-state index contributed by atoms with van der Waals surface area (Å²) in [7, 11) is -1.70. The lowest BCUT2D eigenvalue weighted by atomic mass is 10.0. The van der Waals surface area contributed by atoms with Gasteiger partial charge in [-0.1, -0.05) is 0 Å². The summed E-state index contributed by atoms with van der Waals surface area (Å²) in [6.07, 6.45) is 3.58. The highest BCUT2D eigenvalue weighted by atomic mass is 32.2. The molecule has 1 aromatic heterocycles. The minimum Gasteiger partial charge on any atom is -0.316 e. The van der Waals surface area contributed by atoms with Crippen LogP contribution in [0.15, 0.2) is 11.1 Å². The largest absolute Gasteiger partial charge is 0.316 e. The topological polar surface area (TPSA) is 76.0 Å². The summed E-state index contributed by atoms with van der Waals surface area (Å²) in [6, 6.07) is 0. The van der Waals surface area contributed by atoms with Gasteiger partial charge < -0.3 is 5.32 Å². The highest BCUT2D eigenvalue weighted by Crippen LogP contribution is 2.14. The predicted octanol–water partition coefficient (Wildman–Crippen LogP) is 0.00642. The SMILES string of the molecule is Cc1c(S(=O)(=O)NCC2CCCNC2)cnn1C. The molecule has 1 aliphatic heterocycles. The van der Waals surface area contributed by atoms with E-state index in [0.717, 1.165) is 25.9 Å². The molecule has 2 heterocycles. The smallest absolute Gasteiger partial charge is 0.243 e. The fourth-order valence-electron chi connectivity index (χ4n) is 2.15. The van der Waals surface area contributed by atoms with E-state index in [1.165, 1.54) is 6.20 Å². The van der Waals surface area contributed by atoms with E-state index in [1.54, 1.807) is 18.7 Å². The van der Waals surface area contributed by atoms with Crippen LogP contribution < -0.4 is 10.0 Å². The summed E-state index contributed by atoms with van der Waals surface area (Å²) in [5.41, 5.74) is 0.657. The summed E-state index contributed by atoms with van der Waals surface area (Å²) in [5.74, 6) is 0.380. The number of piperidine rings is 1. The van der Waals surface area contributed by atoms with Crippen molar-refractivity contribution < 1.29 is 8.42 Å². The molecule has 2 N–H and O–H groups in total. The first-order valence-corrected chi connectivity index (χ1v) is 7.68. The zero-order valence-electron chi connectivity index (χ0n) is 10.8.